The van der Waals surface area contributed by atoms with Crippen LogP contribution < -0.4 is 5.73 Å². The average molecular weight is 315 g/mol. The first-order valence-electron chi connectivity index (χ1n) is 6.78. The zero-order chi connectivity index (χ0) is 16.2. The number of nitro groups is 1. The van der Waals surface area contributed by atoms with Gasteiger partial charge in [-0.25, -0.2) is 8.42 Å². The molecule has 0 bridgehead atoms. The van der Waals surface area contributed by atoms with Crippen molar-refractivity contribution in [1.29, 1.82) is 0 Å². The third kappa shape index (κ3) is 3.92. The van der Waals surface area contributed by atoms with Crippen LogP contribution in [-0.4, -0.2) is 30.7 Å². The number of rotatable bonds is 7. The van der Waals surface area contributed by atoms with Crippen LogP contribution in [0.15, 0.2) is 23.1 Å². The van der Waals surface area contributed by atoms with Crippen LogP contribution in [0.4, 0.5) is 11.4 Å². The van der Waals surface area contributed by atoms with Gasteiger partial charge in [-0.1, -0.05) is 27.2 Å². The molecule has 1 aromatic carbocycles. The summed E-state index contributed by atoms with van der Waals surface area (Å²) < 4.78 is 26.5. The van der Waals surface area contributed by atoms with Crippen molar-refractivity contribution in [1.82, 2.24) is 4.31 Å². The molecule has 1 rings (SSSR count). The maximum Gasteiger partial charge on any atom is 0.292 e. The van der Waals surface area contributed by atoms with E-state index in [4.69, 9.17) is 5.73 Å². The van der Waals surface area contributed by atoms with Gasteiger partial charge in [0.05, 0.1) is 9.82 Å². The number of nitrogens with two attached hydrogens (primary N) is 1. The van der Waals surface area contributed by atoms with Gasteiger partial charge < -0.3 is 5.73 Å². The molecule has 1 atom stereocenters. The second kappa shape index (κ2) is 6.86. The van der Waals surface area contributed by atoms with E-state index in [1.807, 2.05) is 13.8 Å². The predicted molar refractivity (Wildman–Crippen MR) is 81.4 cm³/mol. The fourth-order valence-corrected chi connectivity index (χ4v) is 3.49. The van der Waals surface area contributed by atoms with Crippen LogP contribution in [0.3, 0.4) is 0 Å². The monoisotopic (exact) mass is 315 g/mol. The normalized spacial score (nSPS) is 13.3. The predicted octanol–water partition coefficient (Wildman–Crippen LogP) is 2.23. The number of sulfonamides is 1. The summed E-state index contributed by atoms with van der Waals surface area (Å²) in [6.45, 7) is 6.47. The molecule has 0 aromatic heterocycles. The summed E-state index contributed by atoms with van der Waals surface area (Å²) in [5.41, 5.74) is 5.12. The molecule has 0 aliphatic carbocycles. The Morgan fingerprint density at radius 2 is 2.00 bits per heavy atom. The Morgan fingerprint density at radius 1 is 1.38 bits per heavy atom. The van der Waals surface area contributed by atoms with Gasteiger partial charge in [0.1, 0.15) is 5.69 Å². The topological polar surface area (TPSA) is 107 Å². The lowest BCUT2D eigenvalue weighted by atomic mass is 10.1. The van der Waals surface area contributed by atoms with E-state index in [9.17, 15) is 18.5 Å². The molecule has 7 nitrogen and oxygen atoms in total. The van der Waals surface area contributed by atoms with Crippen molar-refractivity contribution >= 4 is 21.4 Å². The molecule has 21 heavy (non-hydrogen) atoms. The highest BCUT2D eigenvalue weighted by atomic mass is 32.2. The van der Waals surface area contributed by atoms with Crippen LogP contribution in [0, 0.1) is 16.0 Å². The summed E-state index contributed by atoms with van der Waals surface area (Å²) >= 11 is 0. The molecular formula is C13H21N3O4S. The largest absolute Gasteiger partial charge is 0.393 e. The number of hydrogen-bond acceptors (Lipinski definition) is 5. The molecule has 0 aliphatic rings. The van der Waals surface area contributed by atoms with Gasteiger partial charge in [0, 0.05) is 19.2 Å². The Kier molecular flexibility index (Phi) is 5.68. The van der Waals surface area contributed by atoms with E-state index in [1.165, 1.54) is 10.4 Å². The first-order valence-corrected chi connectivity index (χ1v) is 8.22. The fraction of sp³-hybridized carbons (Fsp3) is 0.538. The van der Waals surface area contributed by atoms with Crippen molar-refractivity contribution in [2.45, 2.75) is 32.1 Å². The number of anilines is 1. The van der Waals surface area contributed by atoms with E-state index in [0.717, 1.165) is 18.6 Å². The van der Waals surface area contributed by atoms with Crippen molar-refractivity contribution in [2.24, 2.45) is 5.92 Å². The lowest BCUT2D eigenvalue weighted by molar-refractivity contribution is -0.383. The number of nitro benzene ring substituents is 1. The number of nitrogens with zero attached hydrogens (tertiary/aromatic N) is 2. The molecule has 8 heteroatoms. The lowest BCUT2D eigenvalue weighted by Crippen LogP contribution is -2.34. The number of benzene rings is 1. The maximum atomic E-state index is 12.5. The zero-order valence-corrected chi connectivity index (χ0v) is 13.3. The van der Waals surface area contributed by atoms with E-state index in [2.05, 4.69) is 0 Å². The van der Waals surface area contributed by atoms with Gasteiger partial charge in [0.15, 0.2) is 0 Å². The van der Waals surface area contributed by atoms with Crippen molar-refractivity contribution < 1.29 is 13.3 Å². The van der Waals surface area contributed by atoms with Crippen LogP contribution in [0.25, 0.3) is 0 Å². The van der Waals surface area contributed by atoms with E-state index in [1.54, 1.807) is 6.92 Å². The summed E-state index contributed by atoms with van der Waals surface area (Å²) in [5.74, 6) is 0.232. The van der Waals surface area contributed by atoms with Crippen LogP contribution >= 0.6 is 0 Å². The Balaban J connectivity index is 3.17. The summed E-state index contributed by atoms with van der Waals surface area (Å²) in [7, 11) is -3.69. The third-order valence-electron chi connectivity index (χ3n) is 3.40. The van der Waals surface area contributed by atoms with Gasteiger partial charge in [-0.05, 0) is 18.1 Å². The second-order valence-electron chi connectivity index (χ2n) is 4.95. The highest BCUT2D eigenvalue weighted by Gasteiger charge is 2.26. The summed E-state index contributed by atoms with van der Waals surface area (Å²) in [5, 5.41) is 10.7. The van der Waals surface area contributed by atoms with Gasteiger partial charge in [0.25, 0.3) is 5.69 Å². The summed E-state index contributed by atoms with van der Waals surface area (Å²) in [4.78, 5) is 10.1. The fourth-order valence-electron chi connectivity index (χ4n) is 1.88. The van der Waals surface area contributed by atoms with Crippen LogP contribution in [0.2, 0.25) is 0 Å². The first-order chi connectivity index (χ1) is 9.73. The average Bonchev–Trinajstić information content (AvgIpc) is 2.43. The maximum absolute atomic E-state index is 12.5. The summed E-state index contributed by atoms with van der Waals surface area (Å²) in [6.07, 6.45) is 0.869. The molecule has 0 radical (unpaired) electrons. The Bertz CT molecular complexity index is 616. The molecule has 0 aliphatic heterocycles. The van der Waals surface area contributed by atoms with Gasteiger partial charge in [-0.2, -0.15) is 4.31 Å². The van der Waals surface area contributed by atoms with Crippen LogP contribution in [0.5, 0.6) is 0 Å². The standard InChI is InChI=1S/C13H21N3O4S/c1-4-10(3)9-15(5-2)21(19,20)11-6-7-13(16(17)18)12(14)8-11/h6-8,10H,4-5,9,14H2,1-3H3. The molecule has 1 aromatic rings. The smallest absolute Gasteiger partial charge is 0.292 e. The number of nitrogen functional groups attached to an aromatic ring is 1. The Labute approximate surface area is 124 Å². The third-order valence-corrected chi connectivity index (χ3v) is 5.34. The SMILES string of the molecule is CCC(C)CN(CC)S(=O)(=O)c1ccc([N+](=O)[O-])c(N)c1. The highest BCUT2D eigenvalue weighted by molar-refractivity contribution is 7.89. The van der Waals surface area contributed by atoms with Crippen molar-refractivity contribution in [2.75, 3.05) is 18.8 Å². The van der Waals surface area contributed by atoms with E-state index in [0.29, 0.717) is 13.1 Å². The molecule has 1 unspecified atom stereocenters. The van der Waals surface area contributed by atoms with Crippen molar-refractivity contribution in [3.05, 3.63) is 28.3 Å². The molecule has 0 saturated heterocycles. The van der Waals surface area contributed by atoms with Crippen LogP contribution in [0.1, 0.15) is 27.2 Å². The van der Waals surface area contributed by atoms with Gasteiger partial charge in [-0.15, -0.1) is 0 Å². The molecule has 0 amide bonds. The van der Waals surface area contributed by atoms with Gasteiger partial charge in [0.2, 0.25) is 10.0 Å². The molecule has 118 valence electrons. The Hall–Kier alpha value is -1.67. The molecule has 0 spiro atoms. The van der Waals surface area contributed by atoms with Gasteiger partial charge in [-0.3, -0.25) is 10.1 Å². The molecular weight excluding hydrogens is 294 g/mol. The lowest BCUT2D eigenvalue weighted by Gasteiger charge is -2.23. The van der Waals surface area contributed by atoms with E-state index in [-0.39, 0.29) is 22.2 Å². The highest BCUT2D eigenvalue weighted by Crippen LogP contribution is 2.26. The van der Waals surface area contributed by atoms with Gasteiger partial charge >= 0.3 is 0 Å². The Morgan fingerprint density at radius 3 is 2.43 bits per heavy atom. The van der Waals surface area contributed by atoms with E-state index < -0.39 is 14.9 Å². The molecule has 0 fully saturated rings. The van der Waals surface area contributed by atoms with Crippen molar-refractivity contribution in [3.8, 4) is 0 Å². The minimum absolute atomic E-state index is 0.0178. The van der Waals surface area contributed by atoms with E-state index >= 15 is 0 Å². The summed E-state index contributed by atoms with van der Waals surface area (Å²) in [6, 6.07) is 3.50. The molecule has 0 saturated carbocycles. The number of hydrogen-bond donors (Lipinski definition) is 1. The molecule has 0 heterocycles. The zero-order valence-electron chi connectivity index (χ0n) is 12.4. The quantitative estimate of drug-likeness (QED) is 0.472. The minimum Gasteiger partial charge on any atom is -0.393 e. The second-order valence-corrected chi connectivity index (χ2v) is 6.88. The first kappa shape index (κ1) is 17.4. The van der Waals surface area contributed by atoms with Crippen molar-refractivity contribution in [3.63, 3.8) is 0 Å². The molecule has 2 N–H and O–H groups in total. The minimum atomic E-state index is -3.69. The van der Waals surface area contributed by atoms with Crippen LogP contribution in [-0.2, 0) is 10.0 Å².